The maximum absolute atomic E-state index is 12.8. The Bertz CT molecular complexity index is 402. The number of rotatable bonds is 4. The van der Waals surface area contributed by atoms with E-state index in [0.29, 0.717) is 5.75 Å². The molecular formula is C14H17FO3. The molecule has 1 aliphatic rings. The van der Waals surface area contributed by atoms with Crippen LogP contribution in [-0.4, -0.2) is 17.2 Å². The average molecular weight is 252 g/mol. The van der Waals surface area contributed by atoms with Crippen molar-refractivity contribution in [2.75, 3.05) is 0 Å². The first kappa shape index (κ1) is 12.9. The maximum Gasteiger partial charge on any atom is 0.303 e. The fraction of sp³-hybridized carbons (Fsp3) is 0.500. The second kappa shape index (κ2) is 5.85. The standard InChI is InChI=1S/C14H17FO3/c15-11-5-7-12(8-6-11)18-13-4-2-1-3-10(13)9-14(16)17/h5-8,10,13H,1-4,9H2,(H,16,17). The summed E-state index contributed by atoms with van der Waals surface area (Å²) in [6.45, 7) is 0. The summed E-state index contributed by atoms with van der Waals surface area (Å²) in [5.41, 5.74) is 0. The van der Waals surface area contributed by atoms with E-state index in [-0.39, 0.29) is 24.3 Å². The van der Waals surface area contributed by atoms with E-state index >= 15 is 0 Å². The van der Waals surface area contributed by atoms with Gasteiger partial charge in [0.05, 0.1) is 6.42 Å². The molecule has 0 amide bonds. The quantitative estimate of drug-likeness (QED) is 0.894. The van der Waals surface area contributed by atoms with E-state index in [1.165, 1.54) is 12.1 Å². The van der Waals surface area contributed by atoms with Crippen LogP contribution >= 0.6 is 0 Å². The smallest absolute Gasteiger partial charge is 0.303 e. The number of carboxylic acid groups (broad SMARTS) is 1. The molecule has 0 aliphatic heterocycles. The maximum atomic E-state index is 12.8. The SMILES string of the molecule is O=C(O)CC1CCCCC1Oc1ccc(F)cc1. The zero-order valence-electron chi connectivity index (χ0n) is 10.1. The third-order valence-electron chi connectivity index (χ3n) is 3.38. The molecule has 1 N–H and O–H groups in total. The summed E-state index contributed by atoms with van der Waals surface area (Å²) >= 11 is 0. The number of aliphatic carboxylic acids is 1. The van der Waals surface area contributed by atoms with Crippen molar-refractivity contribution < 1.29 is 19.0 Å². The Morgan fingerprint density at radius 1 is 1.28 bits per heavy atom. The molecule has 4 heteroatoms. The molecule has 0 aromatic heterocycles. The van der Waals surface area contributed by atoms with Gasteiger partial charge >= 0.3 is 5.97 Å². The Hall–Kier alpha value is -1.58. The molecule has 0 saturated heterocycles. The topological polar surface area (TPSA) is 46.5 Å². The fourth-order valence-electron chi connectivity index (χ4n) is 2.47. The number of carboxylic acids is 1. The summed E-state index contributed by atoms with van der Waals surface area (Å²) in [6.07, 6.45) is 3.95. The first-order valence-electron chi connectivity index (χ1n) is 6.29. The molecule has 1 aliphatic carbocycles. The normalized spacial score (nSPS) is 23.6. The predicted molar refractivity (Wildman–Crippen MR) is 65.0 cm³/mol. The molecule has 0 heterocycles. The van der Waals surface area contributed by atoms with Crippen LogP contribution in [-0.2, 0) is 4.79 Å². The zero-order valence-corrected chi connectivity index (χ0v) is 10.1. The summed E-state index contributed by atoms with van der Waals surface area (Å²) in [4.78, 5) is 10.8. The Morgan fingerprint density at radius 3 is 2.61 bits per heavy atom. The van der Waals surface area contributed by atoms with E-state index in [1.54, 1.807) is 12.1 Å². The minimum Gasteiger partial charge on any atom is -0.490 e. The van der Waals surface area contributed by atoms with Gasteiger partial charge in [-0.2, -0.15) is 0 Å². The highest BCUT2D eigenvalue weighted by molar-refractivity contribution is 5.67. The molecule has 2 atom stereocenters. The number of hydrogen-bond acceptors (Lipinski definition) is 2. The molecule has 98 valence electrons. The van der Waals surface area contributed by atoms with E-state index in [4.69, 9.17) is 9.84 Å². The number of halogens is 1. The summed E-state index contributed by atoms with van der Waals surface area (Å²) in [5, 5.41) is 8.88. The highest BCUT2D eigenvalue weighted by Gasteiger charge is 2.28. The molecule has 2 unspecified atom stereocenters. The molecule has 3 nitrogen and oxygen atoms in total. The van der Waals surface area contributed by atoms with Crippen LogP contribution in [0.4, 0.5) is 4.39 Å². The van der Waals surface area contributed by atoms with Gasteiger partial charge in [-0.1, -0.05) is 6.42 Å². The van der Waals surface area contributed by atoms with Crippen LogP contribution in [0.5, 0.6) is 5.75 Å². The van der Waals surface area contributed by atoms with E-state index < -0.39 is 5.97 Å². The summed E-state index contributed by atoms with van der Waals surface area (Å²) in [5.74, 6) is -0.414. The van der Waals surface area contributed by atoms with Gasteiger partial charge in [0, 0.05) is 5.92 Å². The van der Waals surface area contributed by atoms with E-state index in [0.717, 1.165) is 25.7 Å². The van der Waals surface area contributed by atoms with Crippen LogP contribution in [0, 0.1) is 11.7 Å². The minimum atomic E-state index is -0.783. The van der Waals surface area contributed by atoms with Gasteiger partial charge in [-0.05, 0) is 43.5 Å². The highest BCUT2D eigenvalue weighted by Crippen LogP contribution is 2.30. The van der Waals surface area contributed by atoms with Crippen LogP contribution in [0.25, 0.3) is 0 Å². The van der Waals surface area contributed by atoms with Crippen LogP contribution in [0.3, 0.4) is 0 Å². The van der Waals surface area contributed by atoms with Crippen LogP contribution in [0.1, 0.15) is 32.1 Å². The van der Waals surface area contributed by atoms with Crippen LogP contribution < -0.4 is 4.74 Å². The van der Waals surface area contributed by atoms with Crippen LogP contribution in [0.15, 0.2) is 24.3 Å². The molecule has 1 fully saturated rings. The lowest BCUT2D eigenvalue weighted by Gasteiger charge is -2.31. The predicted octanol–water partition coefficient (Wildman–Crippen LogP) is 3.24. The second-order valence-electron chi connectivity index (χ2n) is 4.75. The van der Waals surface area contributed by atoms with Crippen molar-refractivity contribution in [3.63, 3.8) is 0 Å². The van der Waals surface area contributed by atoms with Gasteiger partial charge in [-0.3, -0.25) is 4.79 Å². The van der Waals surface area contributed by atoms with Gasteiger partial charge in [0.15, 0.2) is 0 Å². The number of hydrogen-bond donors (Lipinski definition) is 1. The first-order valence-corrected chi connectivity index (χ1v) is 6.29. The fourth-order valence-corrected chi connectivity index (χ4v) is 2.47. The van der Waals surface area contributed by atoms with Crippen molar-refractivity contribution in [3.8, 4) is 5.75 Å². The Labute approximate surface area is 106 Å². The zero-order chi connectivity index (χ0) is 13.0. The molecule has 1 aromatic rings. The summed E-state index contributed by atoms with van der Waals surface area (Å²) < 4.78 is 18.6. The van der Waals surface area contributed by atoms with E-state index in [9.17, 15) is 9.18 Å². The van der Waals surface area contributed by atoms with Crippen molar-refractivity contribution in [1.29, 1.82) is 0 Å². The van der Waals surface area contributed by atoms with Gasteiger partial charge in [0.2, 0.25) is 0 Å². The number of ether oxygens (including phenoxy) is 1. The van der Waals surface area contributed by atoms with Crippen molar-refractivity contribution in [3.05, 3.63) is 30.1 Å². The van der Waals surface area contributed by atoms with Crippen molar-refractivity contribution >= 4 is 5.97 Å². The van der Waals surface area contributed by atoms with Crippen molar-refractivity contribution in [2.45, 2.75) is 38.2 Å². The third kappa shape index (κ3) is 3.45. The summed E-state index contributed by atoms with van der Waals surface area (Å²) in [6, 6.07) is 5.87. The molecule has 1 saturated carbocycles. The number of benzene rings is 1. The molecule has 18 heavy (non-hydrogen) atoms. The average Bonchev–Trinajstić information content (AvgIpc) is 2.34. The lowest BCUT2D eigenvalue weighted by molar-refractivity contribution is -0.139. The molecular weight excluding hydrogens is 235 g/mol. The van der Waals surface area contributed by atoms with Crippen molar-refractivity contribution in [1.82, 2.24) is 0 Å². The first-order chi connectivity index (χ1) is 8.65. The van der Waals surface area contributed by atoms with Gasteiger partial charge in [0.25, 0.3) is 0 Å². The molecule has 1 aromatic carbocycles. The Morgan fingerprint density at radius 2 is 1.94 bits per heavy atom. The van der Waals surface area contributed by atoms with E-state index in [1.807, 2.05) is 0 Å². The monoisotopic (exact) mass is 252 g/mol. The largest absolute Gasteiger partial charge is 0.490 e. The number of carbonyl (C=O) groups is 1. The van der Waals surface area contributed by atoms with Gasteiger partial charge in [0.1, 0.15) is 17.7 Å². The highest BCUT2D eigenvalue weighted by atomic mass is 19.1. The molecule has 0 spiro atoms. The second-order valence-corrected chi connectivity index (χ2v) is 4.75. The Balaban J connectivity index is 2.00. The molecule has 0 bridgehead atoms. The minimum absolute atomic E-state index is 0.0568. The van der Waals surface area contributed by atoms with Gasteiger partial charge in [-0.25, -0.2) is 4.39 Å². The van der Waals surface area contributed by atoms with Gasteiger partial charge in [-0.15, -0.1) is 0 Å². The van der Waals surface area contributed by atoms with Gasteiger partial charge < -0.3 is 9.84 Å². The third-order valence-corrected chi connectivity index (χ3v) is 3.38. The summed E-state index contributed by atoms with van der Waals surface area (Å²) in [7, 11) is 0. The molecule has 2 rings (SSSR count). The lowest BCUT2D eigenvalue weighted by Crippen LogP contribution is -2.32. The van der Waals surface area contributed by atoms with Crippen molar-refractivity contribution in [2.24, 2.45) is 5.92 Å². The van der Waals surface area contributed by atoms with E-state index in [2.05, 4.69) is 0 Å². The van der Waals surface area contributed by atoms with Crippen LogP contribution in [0.2, 0.25) is 0 Å². The lowest BCUT2D eigenvalue weighted by atomic mass is 9.84. The molecule has 0 radical (unpaired) electrons. The Kier molecular flexibility index (Phi) is 4.18.